The lowest BCUT2D eigenvalue weighted by Crippen LogP contribution is -2.54. The van der Waals surface area contributed by atoms with Crippen molar-refractivity contribution in [1.82, 2.24) is 10.3 Å². The normalized spacial score (nSPS) is 28.9. The van der Waals surface area contributed by atoms with E-state index in [0.29, 0.717) is 12.8 Å². The van der Waals surface area contributed by atoms with E-state index in [1.54, 1.807) is 12.4 Å². The monoisotopic (exact) mass is 232 g/mol. The first-order valence-corrected chi connectivity index (χ1v) is 5.86. The maximum atomic E-state index is 12.2. The molecule has 0 saturated carbocycles. The van der Waals surface area contributed by atoms with E-state index in [1.807, 2.05) is 26.0 Å². The average Bonchev–Trinajstić information content (AvgIpc) is 2.35. The Labute approximate surface area is 100 Å². The molecule has 0 bridgehead atoms. The first kappa shape index (κ1) is 11.8. The fraction of sp³-hybridized carbons (Fsp3) is 0.462. The van der Waals surface area contributed by atoms with Crippen LogP contribution in [0.15, 0.2) is 24.5 Å². The zero-order valence-electron chi connectivity index (χ0n) is 10.1. The standard InChI is InChI=1S/C13H16N2O2/c1-3-13(10-4-6-14-7-5-10)8-9(2)11(16)15-12(13)17/h4-7,9H,3,8H2,1-2H3,(H,15,16,17)/t9-,13-/m0/s1. The summed E-state index contributed by atoms with van der Waals surface area (Å²) in [6, 6.07) is 3.71. The van der Waals surface area contributed by atoms with Gasteiger partial charge in [0.1, 0.15) is 0 Å². The molecule has 0 radical (unpaired) electrons. The number of nitrogens with one attached hydrogen (secondary N) is 1. The minimum absolute atomic E-state index is 0.138. The van der Waals surface area contributed by atoms with Crippen LogP contribution in [0.25, 0.3) is 0 Å². The number of aromatic nitrogens is 1. The van der Waals surface area contributed by atoms with Crippen LogP contribution in [-0.2, 0) is 15.0 Å². The topological polar surface area (TPSA) is 59.1 Å². The molecule has 2 rings (SSSR count). The summed E-state index contributed by atoms with van der Waals surface area (Å²) in [6.45, 7) is 3.83. The molecule has 1 saturated heterocycles. The second kappa shape index (κ2) is 4.28. The van der Waals surface area contributed by atoms with Gasteiger partial charge in [-0.2, -0.15) is 0 Å². The molecule has 0 aliphatic carbocycles. The van der Waals surface area contributed by atoms with Crippen molar-refractivity contribution in [2.75, 3.05) is 0 Å². The van der Waals surface area contributed by atoms with Gasteiger partial charge in [0.05, 0.1) is 5.41 Å². The quantitative estimate of drug-likeness (QED) is 0.784. The summed E-state index contributed by atoms with van der Waals surface area (Å²) < 4.78 is 0. The number of rotatable bonds is 2. The number of piperidine rings is 1. The van der Waals surface area contributed by atoms with Crippen molar-refractivity contribution in [2.45, 2.75) is 32.1 Å². The van der Waals surface area contributed by atoms with Crippen LogP contribution in [0.1, 0.15) is 32.3 Å². The maximum Gasteiger partial charge on any atom is 0.237 e. The molecule has 2 amide bonds. The van der Waals surface area contributed by atoms with E-state index in [0.717, 1.165) is 5.56 Å². The molecule has 0 spiro atoms. The first-order valence-electron chi connectivity index (χ1n) is 5.86. The van der Waals surface area contributed by atoms with Gasteiger partial charge in [-0.3, -0.25) is 19.9 Å². The Balaban J connectivity index is 2.44. The molecule has 2 atom stereocenters. The van der Waals surface area contributed by atoms with Crippen LogP contribution in [0.3, 0.4) is 0 Å². The molecular formula is C13H16N2O2. The fourth-order valence-electron chi connectivity index (χ4n) is 2.49. The number of hydrogen-bond donors (Lipinski definition) is 1. The number of carbonyl (C=O) groups excluding carboxylic acids is 2. The second-order valence-corrected chi connectivity index (χ2v) is 4.60. The highest BCUT2D eigenvalue weighted by atomic mass is 16.2. The molecule has 2 heterocycles. The largest absolute Gasteiger partial charge is 0.295 e. The molecule has 90 valence electrons. The molecule has 1 aliphatic rings. The van der Waals surface area contributed by atoms with Gasteiger partial charge in [0, 0.05) is 18.3 Å². The molecule has 4 heteroatoms. The van der Waals surface area contributed by atoms with Gasteiger partial charge in [-0.1, -0.05) is 13.8 Å². The van der Waals surface area contributed by atoms with E-state index in [9.17, 15) is 9.59 Å². The van der Waals surface area contributed by atoms with Gasteiger partial charge in [0.25, 0.3) is 0 Å². The smallest absolute Gasteiger partial charge is 0.237 e. The van der Waals surface area contributed by atoms with E-state index >= 15 is 0 Å². The number of amides is 2. The predicted octanol–water partition coefficient (Wildman–Crippen LogP) is 1.41. The van der Waals surface area contributed by atoms with Crippen LogP contribution in [0.2, 0.25) is 0 Å². The third-order valence-electron chi connectivity index (χ3n) is 3.61. The van der Waals surface area contributed by atoms with E-state index in [4.69, 9.17) is 0 Å². The van der Waals surface area contributed by atoms with E-state index in [1.165, 1.54) is 0 Å². The van der Waals surface area contributed by atoms with Crippen molar-refractivity contribution >= 4 is 11.8 Å². The highest BCUT2D eigenvalue weighted by molar-refractivity contribution is 6.04. The maximum absolute atomic E-state index is 12.2. The van der Waals surface area contributed by atoms with Crippen LogP contribution >= 0.6 is 0 Å². The number of carbonyl (C=O) groups is 2. The van der Waals surface area contributed by atoms with Gasteiger partial charge >= 0.3 is 0 Å². The minimum atomic E-state index is -0.587. The predicted molar refractivity (Wildman–Crippen MR) is 63.1 cm³/mol. The third-order valence-corrected chi connectivity index (χ3v) is 3.61. The van der Waals surface area contributed by atoms with E-state index in [-0.39, 0.29) is 17.7 Å². The summed E-state index contributed by atoms with van der Waals surface area (Å²) in [6.07, 6.45) is 4.61. The van der Waals surface area contributed by atoms with Crippen molar-refractivity contribution < 1.29 is 9.59 Å². The van der Waals surface area contributed by atoms with Gasteiger partial charge in [-0.15, -0.1) is 0 Å². The Morgan fingerprint density at radius 3 is 2.65 bits per heavy atom. The molecule has 1 aromatic heterocycles. The second-order valence-electron chi connectivity index (χ2n) is 4.60. The summed E-state index contributed by atoms with van der Waals surface area (Å²) in [5.74, 6) is -0.497. The van der Waals surface area contributed by atoms with E-state index in [2.05, 4.69) is 10.3 Å². The Kier molecular flexibility index (Phi) is 2.96. The van der Waals surface area contributed by atoms with E-state index < -0.39 is 5.41 Å². The number of imide groups is 1. The lowest BCUT2D eigenvalue weighted by atomic mass is 9.69. The highest BCUT2D eigenvalue weighted by Crippen LogP contribution is 2.37. The summed E-state index contributed by atoms with van der Waals surface area (Å²) in [5, 5.41) is 2.47. The summed E-state index contributed by atoms with van der Waals surface area (Å²) in [7, 11) is 0. The van der Waals surface area contributed by atoms with Crippen LogP contribution in [0.4, 0.5) is 0 Å². The lowest BCUT2D eigenvalue weighted by molar-refractivity contribution is -0.141. The Morgan fingerprint density at radius 1 is 1.41 bits per heavy atom. The number of hydrogen-bond acceptors (Lipinski definition) is 3. The summed E-state index contributed by atoms with van der Waals surface area (Å²) >= 11 is 0. The fourth-order valence-corrected chi connectivity index (χ4v) is 2.49. The van der Waals surface area contributed by atoms with Crippen LogP contribution in [0.5, 0.6) is 0 Å². The molecule has 0 unspecified atom stereocenters. The van der Waals surface area contributed by atoms with Gasteiger partial charge in [-0.05, 0) is 30.5 Å². The zero-order chi connectivity index (χ0) is 12.5. The Bertz CT molecular complexity index is 444. The van der Waals surface area contributed by atoms with Crippen LogP contribution in [-0.4, -0.2) is 16.8 Å². The minimum Gasteiger partial charge on any atom is -0.295 e. The molecule has 1 fully saturated rings. The van der Waals surface area contributed by atoms with Crippen molar-refractivity contribution in [3.05, 3.63) is 30.1 Å². The SMILES string of the molecule is CC[C@@]1(c2ccncc2)C[C@H](C)C(=O)NC1=O. The molecular weight excluding hydrogens is 216 g/mol. The highest BCUT2D eigenvalue weighted by Gasteiger charge is 2.45. The lowest BCUT2D eigenvalue weighted by Gasteiger charge is -2.37. The molecule has 0 aromatic carbocycles. The number of nitrogens with zero attached hydrogens (tertiary/aromatic N) is 1. The average molecular weight is 232 g/mol. The Hall–Kier alpha value is -1.71. The van der Waals surface area contributed by atoms with Crippen molar-refractivity contribution in [3.63, 3.8) is 0 Å². The Morgan fingerprint density at radius 2 is 2.06 bits per heavy atom. The molecule has 17 heavy (non-hydrogen) atoms. The van der Waals surface area contributed by atoms with Crippen LogP contribution in [0, 0.1) is 5.92 Å². The number of pyridine rings is 1. The zero-order valence-corrected chi connectivity index (χ0v) is 10.1. The van der Waals surface area contributed by atoms with Crippen LogP contribution < -0.4 is 5.32 Å². The third kappa shape index (κ3) is 1.84. The molecule has 4 nitrogen and oxygen atoms in total. The summed E-state index contributed by atoms with van der Waals surface area (Å²) in [4.78, 5) is 27.6. The molecule has 1 N–H and O–H groups in total. The van der Waals surface area contributed by atoms with Gasteiger partial charge in [0.2, 0.25) is 11.8 Å². The van der Waals surface area contributed by atoms with Gasteiger partial charge in [-0.25, -0.2) is 0 Å². The van der Waals surface area contributed by atoms with Gasteiger partial charge in [0.15, 0.2) is 0 Å². The molecule has 1 aromatic rings. The van der Waals surface area contributed by atoms with Gasteiger partial charge < -0.3 is 0 Å². The van der Waals surface area contributed by atoms with Crippen molar-refractivity contribution in [3.8, 4) is 0 Å². The summed E-state index contributed by atoms with van der Waals surface area (Å²) in [5.41, 5.74) is 0.350. The first-order chi connectivity index (χ1) is 8.10. The van der Waals surface area contributed by atoms with Crippen molar-refractivity contribution in [2.24, 2.45) is 5.92 Å². The van der Waals surface area contributed by atoms with Crippen molar-refractivity contribution in [1.29, 1.82) is 0 Å². The molecule has 1 aliphatic heterocycles.